The third-order valence-corrected chi connectivity index (χ3v) is 3.27. The van der Waals surface area contributed by atoms with Crippen molar-refractivity contribution in [3.63, 3.8) is 0 Å². The largest absolute Gasteiger partial charge is 0.465 e. The number of hydrogen-bond donors (Lipinski definition) is 2. The number of nitrogens with two attached hydrogens (primary N) is 1. The van der Waals surface area contributed by atoms with Crippen LogP contribution in [0.4, 0.5) is 11.5 Å². The number of methoxy groups -OCH3 is 1. The van der Waals surface area contributed by atoms with Crippen LogP contribution in [0.1, 0.15) is 15.9 Å². The molecule has 110 valence electrons. The fourth-order valence-electron chi connectivity index (χ4n) is 1.88. The molecular formula is C15H16ClN3O2. The van der Waals surface area contributed by atoms with Crippen molar-refractivity contribution < 1.29 is 9.53 Å². The first-order chi connectivity index (χ1) is 10.1. The van der Waals surface area contributed by atoms with E-state index in [0.717, 1.165) is 12.0 Å². The van der Waals surface area contributed by atoms with Gasteiger partial charge in [0.15, 0.2) is 0 Å². The van der Waals surface area contributed by atoms with Gasteiger partial charge in [0.2, 0.25) is 0 Å². The van der Waals surface area contributed by atoms with Crippen molar-refractivity contribution >= 4 is 29.1 Å². The molecule has 2 rings (SSSR count). The van der Waals surface area contributed by atoms with E-state index >= 15 is 0 Å². The van der Waals surface area contributed by atoms with Crippen LogP contribution in [0.3, 0.4) is 0 Å². The first kappa shape index (κ1) is 15.1. The first-order valence-corrected chi connectivity index (χ1v) is 6.80. The number of pyridine rings is 1. The Kier molecular flexibility index (Phi) is 5.00. The van der Waals surface area contributed by atoms with Crippen molar-refractivity contribution in [1.82, 2.24) is 4.98 Å². The number of anilines is 2. The lowest BCUT2D eigenvalue weighted by Gasteiger charge is -2.10. The predicted molar refractivity (Wildman–Crippen MR) is 83.6 cm³/mol. The van der Waals surface area contributed by atoms with E-state index in [-0.39, 0.29) is 0 Å². The molecule has 0 atom stereocenters. The van der Waals surface area contributed by atoms with Gasteiger partial charge in [0, 0.05) is 17.8 Å². The number of carbonyl (C=O) groups excluding carboxylic acids is 1. The number of esters is 1. The minimum atomic E-state index is -0.476. The molecule has 0 aliphatic heterocycles. The van der Waals surface area contributed by atoms with Crippen molar-refractivity contribution in [3.8, 4) is 0 Å². The molecular weight excluding hydrogens is 290 g/mol. The number of ether oxygens (including phenoxy) is 1. The van der Waals surface area contributed by atoms with Crippen molar-refractivity contribution in [3.05, 3.63) is 52.7 Å². The van der Waals surface area contributed by atoms with E-state index in [9.17, 15) is 4.79 Å². The molecule has 6 heteroatoms. The highest BCUT2D eigenvalue weighted by Crippen LogP contribution is 2.20. The van der Waals surface area contributed by atoms with Crippen LogP contribution in [-0.4, -0.2) is 24.6 Å². The van der Waals surface area contributed by atoms with Crippen LogP contribution >= 0.6 is 11.6 Å². The van der Waals surface area contributed by atoms with E-state index < -0.39 is 5.97 Å². The molecule has 0 fully saturated rings. The number of carbonyl (C=O) groups is 1. The molecule has 1 aromatic heterocycles. The summed E-state index contributed by atoms with van der Waals surface area (Å²) in [6.07, 6.45) is 2.31. The van der Waals surface area contributed by atoms with E-state index in [0.29, 0.717) is 28.6 Å². The van der Waals surface area contributed by atoms with Crippen LogP contribution in [0.5, 0.6) is 0 Å². The van der Waals surface area contributed by atoms with Crippen molar-refractivity contribution in [2.45, 2.75) is 6.42 Å². The van der Waals surface area contributed by atoms with Gasteiger partial charge < -0.3 is 15.8 Å². The summed E-state index contributed by atoms with van der Waals surface area (Å²) in [7, 11) is 1.32. The number of nitrogen functional groups attached to an aromatic ring is 1. The molecule has 0 aliphatic rings. The minimum absolute atomic E-state index is 0.292. The van der Waals surface area contributed by atoms with E-state index in [1.54, 1.807) is 0 Å². The molecule has 0 saturated carbocycles. The van der Waals surface area contributed by atoms with Gasteiger partial charge in [-0.05, 0) is 30.2 Å². The van der Waals surface area contributed by atoms with Gasteiger partial charge in [-0.3, -0.25) is 0 Å². The summed E-state index contributed by atoms with van der Waals surface area (Å²) >= 11 is 5.84. The number of benzene rings is 1. The van der Waals surface area contributed by atoms with Crippen molar-refractivity contribution in [1.29, 1.82) is 0 Å². The summed E-state index contributed by atoms with van der Waals surface area (Å²) in [4.78, 5) is 15.7. The first-order valence-electron chi connectivity index (χ1n) is 6.43. The van der Waals surface area contributed by atoms with Gasteiger partial charge in [0.05, 0.1) is 18.4 Å². The lowest BCUT2D eigenvalue weighted by molar-refractivity contribution is 0.0602. The summed E-state index contributed by atoms with van der Waals surface area (Å²) in [6.45, 7) is 0.642. The third-order valence-electron chi connectivity index (χ3n) is 3.01. The zero-order chi connectivity index (χ0) is 15.2. The molecule has 21 heavy (non-hydrogen) atoms. The standard InChI is InChI=1S/C15H16ClN3O2/c1-21-15(20)12-7-9-19-14(13(12)17)18-8-6-10-2-4-11(16)5-3-10/h2-5,7,9H,6,8,17H2,1H3,(H,18,19). The van der Waals surface area contributed by atoms with Crippen LogP contribution < -0.4 is 11.1 Å². The second kappa shape index (κ2) is 6.95. The van der Waals surface area contributed by atoms with Crippen molar-refractivity contribution in [2.75, 3.05) is 24.7 Å². The second-order valence-electron chi connectivity index (χ2n) is 4.42. The maximum Gasteiger partial charge on any atom is 0.340 e. The fraction of sp³-hybridized carbons (Fsp3) is 0.200. The monoisotopic (exact) mass is 305 g/mol. The molecule has 0 bridgehead atoms. The van der Waals surface area contributed by atoms with Crippen molar-refractivity contribution in [2.24, 2.45) is 0 Å². The number of aromatic nitrogens is 1. The Morgan fingerprint density at radius 2 is 2.05 bits per heavy atom. The number of halogens is 1. The average Bonchev–Trinajstić information content (AvgIpc) is 2.50. The Labute approximate surface area is 128 Å². The Morgan fingerprint density at radius 1 is 1.33 bits per heavy atom. The summed E-state index contributed by atoms with van der Waals surface area (Å²) in [5.41, 5.74) is 7.66. The quantitative estimate of drug-likeness (QED) is 0.831. The molecule has 3 N–H and O–H groups in total. The molecule has 0 amide bonds. The number of hydrogen-bond acceptors (Lipinski definition) is 5. The lowest BCUT2D eigenvalue weighted by Crippen LogP contribution is -2.12. The molecule has 0 radical (unpaired) electrons. The Morgan fingerprint density at radius 3 is 2.71 bits per heavy atom. The average molecular weight is 306 g/mol. The van der Waals surface area contributed by atoms with Gasteiger partial charge in [-0.15, -0.1) is 0 Å². The Balaban J connectivity index is 2.00. The summed E-state index contributed by atoms with van der Waals surface area (Å²) in [5, 5.41) is 3.83. The van der Waals surface area contributed by atoms with E-state index in [4.69, 9.17) is 17.3 Å². The normalized spacial score (nSPS) is 10.2. The number of nitrogens with zero attached hydrogens (tertiary/aromatic N) is 1. The molecule has 1 aromatic carbocycles. The molecule has 0 unspecified atom stereocenters. The smallest absolute Gasteiger partial charge is 0.340 e. The molecule has 2 aromatic rings. The summed E-state index contributed by atoms with van der Waals surface area (Å²) < 4.78 is 4.67. The van der Waals surface area contributed by atoms with E-state index in [1.807, 2.05) is 24.3 Å². The Hall–Kier alpha value is -2.27. The SMILES string of the molecule is COC(=O)c1ccnc(NCCc2ccc(Cl)cc2)c1N. The van der Waals surface area contributed by atoms with Gasteiger partial charge in [-0.1, -0.05) is 23.7 Å². The Bertz CT molecular complexity index is 629. The fourth-order valence-corrected chi connectivity index (χ4v) is 2.00. The highest BCUT2D eigenvalue weighted by Gasteiger charge is 2.13. The summed E-state index contributed by atoms with van der Waals surface area (Å²) in [5.74, 6) is 0.00233. The predicted octanol–water partition coefficient (Wildman–Crippen LogP) is 2.76. The topological polar surface area (TPSA) is 77.2 Å². The molecule has 0 aliphatic carbocycles. The second-order valence-corrected chi connectivity index (χ2v) is 4.85. The van der Waals surface area contributed by atoms with Gasteiger partial charge in [-0.2, -0.15) is 0 Å². The summed E-state index contributed by atoms with van der Waals surface area (Å²) in [6, 6.07) is 9.16. The van der Waals surface area contributed by atoms with Crippen LogP contribution in [0.15, 0.2) is 36.5 Å². The molecule has 1 heterocycles. The minimum Gasteiger partial charge on any atom is -0.465 e. The zero-order valence-corrected chi connectivity index (χ0v) is 12.4. The number of rotatable bonds is 5. The number of nitrogens with one attached hydrogen (secondary N) is 1. The zero-order valence-electron chi connectivity index (χ0n) is 11.6. The van der Waals surface area contributed by atoms with Gasteiger partial charge in [0.25, 0.3) is 0 Å². The lowest BCUT2D eigenvalue weighted by atomic mass is 10.1. The third kappa shape index (κ3) is 3.86. The maximum atomic E-state index is 11.5. The van der Waals surface area contributed by atoms with E-state index in [1.165, 1.54) is 19.4 Å². The van der Waals surface area contributed by atoms with Crippen LogP contribution in [0.2, 0.25) is 5.02 Å². The van der Waals surface area contributed by atoms with Gasteiger partial charge >= 0.3 is 5.97 Å². The molecule has 5 nitrogen and oxygen atoms in total. The van der Waals surface area contributed by atoms with Crippen LogP contribution in [0.25, 0.3) is 0 Å². The van der Waals surface area contributed by atoms with Gasteiger partial charge in [-0.25, -0.2) is 9.78 Å². The van der Waals surface area contributed by atoms with Crippen LogP contribution in [-0.2, 0) is 11.2 Å². The molecule has 0 spiro atoms. The van der Waals surface area contributed by atoms with E-state index in [2.05, 4.69) is 15.0 Å². The highest BCUT2D eigenvalue weighted by atomic mass is 35.5. The highest BCUT2D eigenvalue weighted by molar-refractivity contribution is 6.30. The maximum absolute atomic E-state index is 11.5. The van der Waals surface area contributed by atoms with Crippen LogP contribution in [0, 0.1) is 0 Å². The van der Waals surface area contributed by atoms with Gasteiger partial charge in [0.1, 0.15) is 5.82 Å². The molecule has 0 saturated heterocycles.